The molecule has 0 N–H and O–H groups in total. The highest BCUT2D eigenvalue weighted by Crippen LogP contribution is 2.33. The van der Waals surface area contributed by atoms with E-state index in [1.807, 2.05) is 35.5 Å². The molecule has 7 heteroatoms. The molecular weight excluding hydrogens is 356 g/mol. The summed E-state index contributed by atoms with van der Waals surface area (Å²) >= 11 is 0. The maximum Gasteiger partial charge on any atom is 0.231 e. The van der Waals surface area contributed by atoms with Crippen LogP contribution in [-0.4, -0.2) is 65.8 Å². The Morgan fingerprint density at radius 3 is 3.00 bits per heavy atom. The van der Waals surface area contributed by atoms with Crippen molar-refractivity contribution < 1.29 is 14.3 Å². The number of hydrogen-bond acceptors (Lipinski definition) is 5. The fourth-order valence-corrected chi connectivity index (χ4v) is 3.93. The minimum atomic E-state index is 0.162. The lowest BCUT2D eigenvalue weighted by atomic mass is 9.96. The first-order valence-electron chi connectivity index (χ1n) is 9.92. The van der Waals surface area contributed by atoms with Gasteiger partial charge in [-0.1, -0.05) is 6.07 Å². The Morgan fingerprint density at radius 2 is 2.14 bits per heavy atom. The number of benzene rings is 1. The number of piperidine rings is 1. The molecule has 1 aromatic carbocycles. The zero-order chi connectivity index (χ0) is 19.5. The Labute approximate surface area is 165 Å². The van der Waals surface area contributed by atoms with Crippen LogP contribution in [0.15, 0.2) is 30.6 Å². The van der Waals surface area contributed by atoms with E-state index in [2.05, 4.69) is 28.5 Å². The van der Waals surface area contributed by atoms with Crippen LogP contribution >= 0.6 is 0 Å². The summed E-state index contributed by atoms with van der Waals surface area (Å²) in [7, 11) is 4.15. The Balaban J connectivity index is 1.40. The summed E-state index contributed by atoms with van der Waals surface area (Å²) < 4.78 is 13.0. The molecule has 1 atom stereocenters. The molecule has 2 aliphatic heterocycles. The fourth-order valence-electron chi connectivity index (χ4n) is 3.93. The monoisotopic (exact) mass is 384 g/mol. The van der Waals surface area contributed by atoms with Gasteiger partial charge in [-0.3, -0.25) is 4.79 Å². The van der Waals surface area contributed by atoms with Crippen molar-refractivity contribution >= 4 is 5.91 Å². The van der Waals surface area contributed by atoms with E-state index >= 15 is 0 Å². The molecule has 4 rings (SSSR count). The third kappa shape index (κ3) is 4.14. The number of aromatic nitrogens is 2. The minimum Gasteiger partial charge on any atom is -0.454 e. The van der Waals surface area contributed by atoms with E-state index in [1.54, 1.807) is 0 Å². The molecule has 1 saturated heterocycles. The van der Waals surface area contributed by atoms with Gasteiger partial charge in [-0.2, -0.15) is 0 Å². The molecule has 1 aromatic heterocycles. The molecule has 0 unspecified atom stereocenters. The Bertz CT molecular complexity index is 833. The third-order valence-electron chi connectivity index (χ3n) is 5.47. The molecule has 0 aliphatic carbocycles. The molecule has 0 bridgehead atoms. The van der Waals surface area contributed by atoms with E-state index in [1.165, 1.54) is 0 Å². The lowest BCUT2D eigenvalue weighted by Gasteiger charge is -2.33. The van der Waals surface area contributed by atoms with Gasteiger partial charge in [0.2, 0.25) is 12.7 Å². The van der Waals surface area contributed by atoms with E-state index in [0.717, 1.165) is 61.9 Å². The maximum absolute atomic E-state index is 12.9. The molecule has 150 valence electrons. The summed E-state index contributed by atoms with van der Waals surface area (Å²) in [4.78, 5) is 21.7. The molecule has 1 amide bonds. The molecule has 1 fully saturated rings. The number of ether oxygens (including phenoxy) is 2. The van der Waals surface area contributed by atoms with E-state index in [-0.39, 0.29) is 12.7 Å². The van der Waals surface area contributed by atoms with Gasteiger partial charge in [0, 0.05) is 44.5 Å². The zero-order valence-corrected chi connectivity index (χ0v) is 16.6. The minimum absolute atomic E-state index is 0.162. The standard InChI is InChI=1S/C21H28N4O3/c1-23(2)10-11-24-9-7-22-21(24)17-4-3-8-25(14-17)20(26)13-16-5-6-18-19(12-16)28-15-27-18/h5-7,9,12,17H,3-4,8,10-11,13-15H2,1-2H3/t17-/m0/s1. The number of nitrogens with zero attached hydrogens (tertiary/aromatic N) is 4. The summed E-state index contributed by atoms with van der Waals surface area (Å²) in [5.41, 5.74) is 0.962. The van der Waals surface area contributed by atoms with E-state index in [4.69, 9.17) is 9.47 Å². The molecule has 2 aromatic rings. The number of amides is 1. The number of carbonyl (C=O) groups is 1. The van der Waals surface area contributed by atoms with Gasteiger partial charge in [-0.25, -0.2) is 4.98 Å². The number of hydrogen-bond donors (Lipinski definition) is 0. The van der Waals surface area contributed by atoms with Gasteiger partial charge in [0.15, 0.2) is 11.5 Å². The molecule has 28 heavy (non-hydrogen) atoms. The van der Waals surface area contributed by atoms with Crippen molar-refractivity contribution in [2.45, 2.75) is 31.7 Å². The molecular formula is C21H28N4O3. The highest BCUT2D eigenvalue weighted by molar-refractivity contribution is 5.79. The maximum atomic E-state index is 12.9. The van der Waals surface area contributed by atoms with Crippen LogP contribution in [0.4, 0.5) is 0 Å². The molecule has 0 spiro atoms. The molecule has 7 nitrogen and oxygen atoms in total. The van der Waals surface area contributed by atoms with Crippen molar-refractivity contribution in [2.24, 2.45) is 0 Å². The van der Waals surface area contributed by atoms with Crippen LogP contribution in [-0.2, 0) is 17.8 Å². The normalized spacial score (nSPS) is 18.7. The van der Waals surface area contributed by atoms with Gasteiger partial charge in [0.25, 0.3) is 0 Å². The lowest BCUT2D eigenvalue weighted by molar-refractivity contribution is -0.131. The number of rotatable bonds is 6. The first-order chi connectivity index (χ1) is 13.6. The fraction of sp³-hybridized carbons (Fsp3) is 0.524. The predicted molar refractivity (Wildman–Crippen MR) is 106 cm³/mol. The summed E-state index contributed by atoms with van der Waals surface area (Å²) in [5, 5.41) is 0. The van der Waals surface area contributed by atoms with E-state index < -0.39 is 0 Å². The van der Waals surface area contributed by atoms with Gasteiger partial charge in [0.05, 0.1) is 6.42 Å². The molecule has 2 aliphatic rings. The topological polar surface area (TPSA) is 59.8 Å². The number of carbonyl (C=O) groups excluding carboxylic acids is 1. The first kappa shape index (κ1) is 18.8. The highest BCUT2D eigenvalue weighted by Gasteiger charge is 2.27. The van der Waals surface area contributed by atoms with Crippen LogP contribution in [0, 0.1) is 0 Å². The van der Waals surface area contributed by atoms with Crippen LogP contribution < -0.4 is 9.47 Å². The second-order valence-corrected chi connectivity index (χ2v) is 7.83. The van der Waals surface area contributed by atoms with Crippen molar-refractivity contribution in [2.75, 3.05) is 40.5 Å². The average Bonchev–Trinajstić information content (AvgIpc) is 3.35. The summed E-state index contributed by atoms with van der Waals surface area (Å²) in [6, 6.07) is 5.74. The van der Waals surface area contributed by atoms with Crippen molar-refractivity contribution in [3.8, 4) is 11.5 Å². The predicted octanol–water partition coefficient (Wildman–Crippen LogP) is 2.12. The summed E-state index contributed by atoms with van der Waals surface area (Å²) in [6.45, 7) is 3.70. The largest absolute Gasteiger partial charge is 0.454 e. The second-order valence-electron chi connectivity index (χ2n) is 7.83. The van der Waals surface area contributed by atoms with Crippen molar-refractivity contribution in [1.29, 1.82) is 0 Å². The van der Waals surface area contributed by atoms with E-state index in [9.17, 15) is 4.79 Å². The number of likely N-dealkylation sites (N-methyl/N-ethyl adjacent to an activating group) is 1. The van der Waals surface area contributed by atoms with Crippen molar-refractivity contribution in [3.63, 3.8) is 0 Å². The van der Waals surface area contributed by atoms with Crippen LogP contribution in [0.25, 0.3) is 0 Å². The second kappa shape index (κ2) is 8.22. The zero-order valence-electron chi connectivity index (χ0n) is 16.6. The summed E-state index contributed by atoms with van der Waals surface area (Å²) in [5.74, 6) is 3.03. The van der Waals surface area contributed by atoms with Crippen LogP contribution in [0.2, 0.25) is 0 Å². The van der Waals surface area contributed by atoms with Gasteiger partial charge in [-0.05, 0) is 44.6 Å². The van der Waals surface area contributed by atoms with Crippen LogP contribution in [0.1, 0.15) is 30.1 Å². The van der Waals surface area contributed by atoms with Crippen molar-refractivity contribution in [3.05, 3.63) is 42.0 Å². The number of fused-ring (bicyclic) bond motifs is 1. The van der Waals surface area contributed by atoms with Gasteiger partial charge < -0.3 is 23.8 Å². The van der Waals surface area contributed by atoms with Crippen LogP contribution in [0.5, 0.6) is 11.5 Å². The van der Waals surface area contributed by atoms with Crippen LogP contribution in [0.3, 0.4) is 0 Å². The summed E-state index contributed by atoms with van der Waals surface area (Å²) in [6.07, 6.45) is 6.40. The van der Waals surface area contributed by atoms with Gasteiger partial charge >= 0.3 is 0 Å². The average molecular weight is 384 g/mol. The molecule has 3 heterocycles. The van der Waals surface area contributed by atoms with E-state index in [0.29, 0.717) is 12.3 Å². The Hall–Kier alpha value is -2.54. The number of imidazole rings is 1. The SMILES string of the molecule is CN(C)CCn1ccnc1[C@H]1CCCN(C(=O)Cc2ccc3c(c2)OCO3)C1. The lowest BCUT2D eigenvalue weighted by Crippen LogP contribution is -2.40. The molecule has 0 saturated carbocycles. The number of likely N-dealkylation sites (tertiary alicyclic amines) is 1. The van der Waals surface area contributed by atoms with Gasteiger partial charge in [-0.15, -0.1) is 0 Å². The quantitative estimate of drug-likeness (QED) is 0.764. The Morgan fingerprint density at radius 1 is 1.29 bits per heavy atom. The van der Waals surface area contributed by atoms with Gasteiger partial charge in [0.1, 0.15) is 5.82 Å². The first-order valence-corrected chi connectivity index (χ1v) is 9.92. The molecule has 0 radical (unpaired) electrons. The smallest absolute Gasteiger partial charge is 0.231 e. The highest BCUT2D eigenvalue weighted by atomic mass is 16.7. The third-order valence-corrected chi connectivity index (χ3v) is 5.47. The Kier molecular flexibility index (Phi) is 5.52. The van der Waals surface area contributed by atoms with Crippen molar-refractivity contribution in [1.82, 2.24) is 19.4 Å².